The van der Waals surface area contributed by atoms with Crippen LogP contribution in [0, 0.1) is 0 Å². The van der Waals surface area contributed by atoms with Crippen molar-refractivity contribution in [1.29, 1.82) is 0 Å². The highest BCUT2D eigenvalue weighted by atomic mass is 32.1. The Morgan fingerprint density at radius 3 is 3.09 bits per heavy atom. The van der Waals surface area contributed by atoms with Crippen LogP contribution in [-0.2, 0) is 6.54 Å². The smallest absolute Gasteiger partial charge is 0.347 e. The summed E-state index contributed by atoms with van der Waals surface area (Å²) >= 11 is 1.19. The molecule has 0 fully saturated rings. The molecule has 0 unspecified atom stereocenters. The minimum absolute atomic E-state index is 0.287. The third kappa shape index (κ3) is 1.99. The van der Waals surface area contributed by atoms with Crippen LogP contribution in [0.2, 0.25) is 0 Å². The molecular weight excluding hydrogens is 164 g/mol. The van der Waals surface area contributed by atoms with E-state index in [4.69, 9.17) is 5.11 Å². The summed E-state index contributed by atoms with van der Waals surface area (Å²) in [6.07, 6.45) is 1.37. The number of hydrogen-bond donors (Lipinski definition) is 2. The second-order valence-electron chi connectivity index (χ2n) is 1.95. The number of nitrogens with zero attached hydrogens (tertiary/aromatic N) is 1. The van der Waals surface area contributed by atoms with Crippen LogP contribution in [0.15, 0.2) is 6.20 Å². The Bertz CT molecular complexity index is 259. The Morgan fingerprint density at radius 2 is 2.64 bits per heavy atom. The molecule has 11 heavy (non-hydrogen) atoms. The molecule has 0 saturated heterocycles. The molecule has 1 aromatic heterocycles. The third-order valence-electron chi connectivity index (χ3n) is 1.09. The predicted molar refractivity (Wildman–Crippen MR) is 41.8 cm³/mol. The Kier molecular flexibility index (Phi) is 2.56. The first-order chi connectivity index (χ1) is 5.24. The molecule has 0 atom stereocenters. The maximum Gasteiger partial charge on any atom is 0.347 e. The normalized spacial score (nSPS) is 9.91. The predicted octanol–water partition coefficient (Wildman–Crippen LogP) is 0.561. The fourth-order valence-corrected chi connectivity index (χ4v) is 1.41. The maximum atomic E-state index is 10.4. The first kappa shape index (κ1) is 8.16. The largest absolute Gasteiger partial charge is 0.477 e. The zero-order valence-corrected chi connectivity index (χ0v) is 6.81. The van der Waals surface area contributed by atoms with Crippen LogP contribution < -0.4 is 5.32 Å². The highest BCUT2D eigenvalue weighted by Gasteiger charge is 2.06. The average molecular weight is 172 g/mol. The summed E-state index contributed by atoms with van der Waals surface area (Å²) in [5, 5.41) is 12.2. The number of aromatic nitrogens is 1. The zero-order chi connectivity index (χ0) is 8.27. The topological polar surface area (TPSA) is 62.2 Å². The Balaban J connectivity index is 2.73. The van der Waals surface area contributed by atoms with Crippen LogP contribution in [-0.4, -0.2) is 23.1 Å². The molecule has 1 aromatic rings. The van der Waals surface area contributed by atoms with E-state index in [0.717, 1.165) is 5.01 Å². The van der Waals surface area contributed by atoms with E-state index in [9.17, 15) is 4.79 Å². The zero-order valence-electron chi connectivity index (χ0n) is 6.00. The number of rotatable bonds is 3. The summed E-state index contributed by atoms with van der Waals surface area (Å²) in [7, 11) is 1.79. The first-order valence-corrected chi connectivity index (χ1v) is 3.88. The van der Waals surface area contributed by atoms with Gasteiger partial charge in [-0.3, -0.25) is 0 Å². The molecule has 0 amide bonds. The highest BCUT2D eigenvalue weighted by Crippen LogP contribution is 2.11. The van der Waals surface area contributed by atoms with E-state index < -0.39 is 5.97 Å². The summed E-state index contributed by atoms with van der Waals surface area (Å²) in [5.74, 6) is -0.912. The molecule has 0 bridgehead atoms. The monoisotopic (exact) mass is 172 g/mol. The van der Waals surface area contributed by atoms with E-state index in [2.05, 4.69) is 10.3 Å². The molecular formula is C6H8N2O2S. The van der Waals surface area contributed by atoms with Crippen molar-refractivity contribution >= 4 is 17.3 Å². The number of carboxylic acids is 1. The van der Waals surface area contributed by atoms with E-state index >= 15 is 0 Å². The van der Waals surface area contributed by atoms with Crippen LogP contribution in [0.25, 0.3) is 0 Å². The number of carboxylic acid groups (broad SMARTS) is 1. The lowest BCUT2D eigenvalue weighted by Crippen LogP contribution is -2.03. The van der Waals surface area contributed by atoms with E-state index in [1.165, 1.54) is 17.5 Å². The van der Waals surface area contributed by atoms with Crippen LogP contribution in [0.5, 0.6) is 0 Å². The van der Waals surface area contributed by atoms with Gasteiger partial charge in [0.1, 0.15) is 9.88 Å². The summed E-state index contributed by atoms with van der Waals surface area (Å²) < 4.78 is 0. The molecule has 1 rings (SSSR count). The minimum atomic E-state index is -0.912. The van der Waals surface area contributed by atoms with E-state index in [-0.39, 0.29) is 4.88 Å². The SMILES string of the molecule is CNCc1ncc(C(=O)O)s1. The van der Waals surface area contributed by atoms with Gasteiger partial charge >= 0.3 is 5.97 Å². The average Bonchev–Trinajstić information content (AvgIpc) is 2.37. The molecule has 0 aromatic carbocycles. The van der Waals surface area contributed by atoms with Crippen molar-refractivity contribution in [3.8, 4) is 0 Å². The van der Waals surface area contributed by atoms with Crippen molar-refractivity contribution in [1.82, 2.24) is 10.3 Å². The second kappa shape index (κ2) is 3.45. The molecule has 5 heteroatoms. The van der Waals surface area contributed by atoms with Gasteiger partial charge in [0.25, 0.3) is 0 Å². The van der Waals surface area contributed by atoms with Gasteiger partial charge in [0, 0.05) is 6.54 Å². The summed E-state index contributed by atoms with van der Waals surface area (Å²) in [5.41, 5.74) is 0. The number of nitrogens with one attached hydrogen (secondary N) is 1. The Morgan fingerprint density at radius 1 is 1.91 bits per heavy atom. The van der Waals surface area contributed by atoms with E-state index in [0.29, 0.717) is 6.54 Å². The number of aromatic carboxylic acids is 1. The molecule has 0 aliphatic carbocycles. The molecule has 2 N–H and O–H groups in total. The van der Waals surface area contributed by atoms with Gasteiger partial charge < -0.3 is 10.4 Å². The van der Waals surface area contributed by atoms with Crippen molar-refractivity contribution in [3.05, 3.63) is 16.1 Å². The lowest BCUT2D eigenvalue weighted by atomic mass is 10.6. The van der Waals surface area contributed by atoms with Crippen molar-refractivity contribution < 1.29 is 9.90 Å². The van der Waals surface area contributed by atoms with Gasteiger partial charge in [-0.15, -0.1) is 11.3 Å². The molecule has 1 heterocycles. The summed E-state index contributed by atoms with van der Waals surface area (Å²) in [6, 6.07) is 0. The fourth-order valence-electron chi connectivity index (χ4n) is 0.642. The number of thiazole rings is 1. The molecule has 4 nitrogen and oxygen atoms in total. The van der Waals surface area contributed by atoms with Gasteiger partial charge in [-0.25, -0.2) is 9.78 Å². The Labute approximate surface area is 67.9 Å². The van der Waals surface area contributed by atoms with Gasteiger partial charge in [0.15, 0.2) is 0 Å². The quantitative estimate of drug-likeness (QED) is 0.699. The van der Waals surface area contributed by atoms with Crippen LogP contribution in [0.4, 0.5) is 0 Å². The highest BCUT2D eigenvalue weighted by molar-refractivity contribution is 7.13. The fraction of sp³-hybridized carbons (Fsp3) is 0.333. The van der Waals surface area contributed by atoms with Crippen molar-refractivity contribution in [2.24, 2.45) is 0 Å². The van der Waals surface area contributed by atoms with Crippen molar-refractivity contribution in [2.45, 2.75) is 6.54 Å². The summed E-state index contributed by atoms with van der Waals surface area (Å²) in [4.78, 5) is 14.6. The lowest BCUT2D eigenvalue weighted by molar-refractivity contribution is 0.0702. The third-order valence-corrected chi connectivity index (χ3v) is 2.08. The molecule has 0 saturated carbocycles. The van der Waals surface area contributed by atoms with E-state index in [1.807, 2.05) is 0 Å². The van der Waals surface area contributed by atoms with Gasteiger partial charge in [-0.2, -0.15) is 0 Å². The molecule has 0 spiro atoms. The summed E-state index contributed by atoms with van der Waals surface area (Å²) in [6.45, 7) is 0.623. The molecule has 0 radical (unpaired) electrons. The van der Waals surface area contributed by atoms with E-state index in [1.54, 1.807) is 7.05 Å². The van der Waals surface area contributed by atoms with Gasteiger partial charge in [-0.1, -0.05) is 0 Å². The number of carbonyl (C=O) groups is 1. The molecule has 0 aliphatic rings. The molecule has 60 valence electrons. The van der Waals surface area contributed by atoms with Gasteiger partial charge in [0.2, 0.25) is 0 Å². The van der Waals surface area contributed by atoms with Crippen molar-refractivity contribution in [2.75, 3.05) is 7.05 Å². The first-order valence-electron chi connectivity index (χ1n) is 3.06. The van der Waals surface area contributed by atoms with Crippen LogP contribution in [0.1, 0.15) is 14.7 Å². The minimum Gasteiger partial charge on any atom is -0.477 e. The van der Waals surface area contributed by atoms with Gasteiger partial charge in [0.05, 0.1) is 6.20 Å². The standard InChI is InChI=1S/C6H8N2O2S/c1-7-3-5-8-2-4(11-5)6(9)10/h2,7H,3H2,1H3,(H,9,10). The van der Waals surface area contributed by atoms with Crippen molar-refractivity contribution in [3.63, 3.8) is 0 Å². The van der Waals surface area contributed by atoms with Crippen LogP contribution >= 0.6 is 11.3 Å². The Hall–Kier alpha value is -0.940. The second-order valence-corrected chi connectivity index (χ2v) is 3.07. The van der Waals surface area contributed by atoms with Crippen LogP contribution in [0.3, 0.4) is 0 Å². The maximum absolute atomic E-state index is 10.4. The van der Waals surface area contributed by atoms with Gasteiger partial charge in [-0.05, 0) is 7.05 Å². The number of hydrogen-bond acceptors (Lipinski definition) is 4. The molecule has 0 aliphatic heterocycles. The lowest BCUT2D eigenvalue weighted by Gasteiger charge is -1.88.